The van der Waals surface area contributed by atoms with Crippen molar-refractivity contribution >= 4 is 29.1 Å². The molecule has 0 bridgehead atoms. The molecule has 4 N–H and O–H groups in total. The lowest BCUT2D eigenvalue weighted by Crippen LogP contribution is -2.34. The number of carbonyl (C=O) groups is 2. The van der Waals surface area contributed by atoms with Crippen molar-refractivity contribution in [1.29, 1.82) is 5.41 Å². The fourth-order valence-corrected chi connectivity index (χ4v) is 1.93. The lowest BCUT2D eigenvalue weighted by Gasteiger charge is -2.12. The van der Waals surface area contributed by atoms with Crippen molar-refractivity contribution in [2.45, 2.75) is 0 Å². The minimum Gasteiger partial charge on any atom is -0.314 e. The van der Waals surface area contributed by atoms with Gasteiger partial charge in [-0.15, -0.1) is 0 Å². The molecule has 0 aromatic heterocycles. The summed E-state index contributed by atoms with van der Waals surface area (Å²) in [4.78, 5) is 25.0. The van der Waals surface area contributed by atoms with Crippen molar-refractivity contribution in [2.75, 3.05) is 6.54 Å². The van der Waals surface area contributed by atoms with Gasteiger partial charge in [0.15, 0.2) is 0 Å². The number of amides is 2. The van der Waals surface area contributed by atoms with E-state index in [0.717, 1.165) is 4.90 Å². The predicted molar refractivity (Wildman–Crippen MR) is 70.8 cm³/mol. The summed E-state index contributed by atoms with van der Waals surface area (Å²) in [6.45, 7) is -0.149. The van der Waals surface area contributed by atoms with E-state index < -0.39 is 11.8 Å². The van der Waals surface area contributed by atoms with E-state index in [2.05, 4.69) is 5.43 Å². The van der Waals surface area contributed by atoms with Crippen LogP contribution in [-0.4, -0.2) is 29.0 Å². The van der Waals surface area contributed by atoms with E-state index in [1.807, 2.05) is 0 Å². The summed E-state index contributed by atoms with van der Waals surface area (Å²) < 4.78 is 0. The maximum absolute atomic E-state index is 12.0. The van der Waals surface area contributed by atoms with Crippen LogP contribution in [0.2, 0.25) is 0 Å². The van der Waals surface area contributed by atoms with Crippen molar-refractivity contribution in [3.63, 3.8) is 0 Å². The molecular formula is C12H11ClN4O2. The molecule has 1 heterocycles. The summed E-state index contributed by atoms with van der Waals surface area (Å²) in [7, 11) is 0. The summed E-state index contributed by atoms with van der Waals surface area (Å²) >= 11 is 5.60. The van der Waals surface area contributed by atoms with Crippen molar-refractivity contribution in [1.82, 2.24) is 10.3 Å². The molecule has 6 nitrogen and oxygen atoms in total. The SMILES string of the molecule is N=C(/C=C(/Cl)NN)CN1C(=O)c2ccccc2C1=O. The summed E-state index contributed by atoms with van der Waals surface area (Å²) in [6.07, 6.45) is 1.24. The second kappa shape index (κ2) is 5.21. The monoisotopic (exact) mass is 278 g/mol. The standard InChI is InChI=1S/C12H11ClN4O2/c13-10(16-15)5-7(14)6-17-11(18)8-3-1-2-4-9(8)12(17)19/h1-5,14,16H,6,15H2/b10-5-,14-7?. The van der Waals surface area contributed by atoms with E-state index in [0.29, 0.717) is 11.1 Å². The van der Waals surface area contributed by atoms with Crippen LogP contribution in [0.3, 0.4) is 0 Å². The Labute approximate surface area is 114 Å². The molecule has 0 unspecified atom stereocenters. The first-order valence-electron chi connectivity index (χ1n) is 5.41. The molecule has 0 saturated heterocycles. The Bertz CT molecular complexity index is 562. The summed E-state index contributed by atoms with van der Waals surface area (Å²) in [5.41, 5.74) is 2.86. The van der Waals surface area contributed by atoms with Crippen LogP contribution in [0.1, 0.15) is 20.7 Å². The largest absolute Gasteiger partial charge is 0.314 e. The van der Waals surface area contributed by atoms with E-state index in [1.54, 1.807) is 24.3 Å². The number of nitrogens with one attached hydrogen (secondary N) is 2. The fraction of sp³-hybridized carbons (Fsp3) is 0.0833. The average molecular weight is 279 g/mol. The Balaban J connectivity index is 2.19. The van der Waals surface area contributed by atoms with Gasteiger partial charge in [0.05, 0.1) is 23.4 Å². The zero-order valence-corrected chi connectivity index (χ0v) is 10.6. The number of hydrogen-bond acceptors (Lipinski definition) is 5. The minimum atomic E-state index is -0.407. The van der Waals surface area contributed by atoms with Crippen LogP contribution in [-0.2, 0) is 0 Å². The molecule has 1 aromatic rings. The number of carbonyl (C=O) groups excluding carboxylic acids is 2. The molecule has 7 heteroatoms. The third kappa shape index (κ3) is 2.49. The molecule has 0 radical (unpaired) electrons. The van der Waals surface area contributed by atoms with Gasteiger partial charge in [0.1, 0.15) is 5.16 Å². The van der Waals surface area contributed by atoms with Crippen molar-refractivity contribution in [3.8, 4) is 0 Å². The van der Waals surface area contributed by atoms with Crippen LogP contribution in [0.25, 0.3) is 0 Å². The number of fused-ring (bicyclic) bond motifs is 1. The van der Waals surface area contributed by atoms with E-state index in [1.165, 1.54) is 6.08 Å². The van der Waals surface area contributed by atoms with E-state index in [9.17, 15) is 9.59 Å². The van der Waals surface area contributed by atoms with Crippen LogP contribution in [0, 0.1) is 5.41 Å². The topological polar surface area (TPSA) is 99.3 Å². The maximum Gasteiger partial charge on any atom is 0.261 e. The van der Waals surface area contributed by atoms with Gasteiger partial charge in [0.25, 0.3) is 11.8 Å². The third-order valence-electron chi connectivity index (χ3n) is 2.65. The van der Waals surface area contributed by atoms with Crippen LogP contribution < -0.4 is 11.3 Å². The van der Waals surface area contributed by atoms with Gasteiger partial charge in [0, 0.05) is 0 Å². The van der Waals surface area contributed by atoms with E-state index in [-0.39, 0.29) is 17.4 Å². The maximum atomic E-state index is 12.0. The molecule has 2 amide bonds. The highest BCUT2D eigenvalue weighted by molar-refractivity contribution is 6.31. The Morgan fingerprint density at radius 1 is 1.32 bits per heavy atom. The molecule has 0 fully saturated rings. The minimum absolute atomic E-state index is 0.00236. The number of benzene rings is 1. The third-order valence-corrected chi connectivity index (χ3v) is 2.86. The van der Waals surface area contributed by atoms with Gasteiger partial charge in [-0.3, -0.25) is 14.5 Å². The number of hydrazine groups is 1. The average Bonchev–Trinajstić information content (AvgIpc) is 2.64. The molecule has 0 spiro atoms. The van der Waals surface area contributed by atoms with Gasteiger partial charge in [-0.2, -0.15) is 0 Å². The van der Waals surface area contributed by atoms with Gasteiger partial charge in [0.2, 0.25) is 0 Å². The zero-order chi connectivity index (χ0) is 14.0. The smallest absolute Gasteiger partial charge is 0.261 e. The quantitative estimate of drug-likeness (QED) is 0.250. The summed E-state index contributed by atoms with van der Waals surface area (Å²) in [6, 6.07) is 6.55. The number of rotatable bonds is 4. The highest BCUT2D eigenvalue weighted by atomic mass is 35.5. The molecular weight excluding hydrogens is 268 g/mol. The highest BCUT2D eigenvalue weighted by Gasteiger charge is 2.35. The molecule has 1 aromatic carbocycles. The number of hydrogen-bond donors (Lipinski definition) is 3. The highest BCUT2D eigenvalue weighted by Crippen LogP contribution is 2.22. The van der Waals surface area contributed by atoms with Gasteiger partial charge < -0.3 is 10.8 Å². The number of halogens is 1. The molecule has 19 heavy (non-hydrogen) atoms. The van der Waals surface area contributed by atoms with Gasteiger partial charge in [-0.1, -0.05) is 23.7 Å². The van der Waals surface area contributed by atoms with Crippen LogP contribution in [0.5, 0.6) is 0 Å². The second-order valence-corrected chi connectivity index (χ2v) is 4.31. The van der Waals surface area contributed by atoms with E-state index in [4.69, 9.17) is 22.9 Å². The van der Waals surface area contributed by atoms with Crippen LogP contribution >= 0.6 is 11.6 Å². The van der Waals surface area contributed by atoms with Gasteiger partial charge in [-0.05, 0) is 18.2 Å². The first-order chi connectivity index (χ1) is 9.04. The fourth-order valence-electron chi connectivity index (χ4n) is 1.79. The first-order valence-corrected chi connectivity index (χ1v) is 5.79. The lowest BCUT2D eigenvalue weighted by molar-refractivity contribution is 0.0677. The van der Waals surface area contributed by atoms with Gasteiger partial charge in [-0.25, -0.2) is 5.84 Å². The van der Waals surface area contributed by atoms with Crippen LogP contribution in [0.4, 0.5) is 0 Å². The summed E-state index contributed by atoms with van der Waals surface area (Å²) in [5.74, 6) is 4.24. The Kier molecular flexibility index (Phi) is 3.64. The molecule has 1 aliphatic heterocycles. The molecule has 0 saturated carbocycles. The zero-order valence-electron chi connectivity index (χ0n) is 9.81. The number of imide groups is 1. The molecule has 0 aliphatic carbocycles. The molecule has 98 valence electrons. The number of nitrogens with two attached hydrogens (primary N) is 1. The van der Waals surface area contributed by atoms with Gasteiger partial charge >= 0.3 is 0 Å². The number of nitrogens with zero attached hydrogens (tertiary/aromatic N) is 1. The molecule has 2 rings (SSSR count). The predicted octanol–water partition coefficient (Wildman–Crippen LogP) is 0.846. The van der Waals surface area contributed by atoms with Crippen molar-refractivity contribution < 1.29 is 9.59 Å². The Morgan fingerprint density at radius 3 is 2.32 bits per heavy atom. The normalized spacial score (nSPS) is 14.6. The second-order valence-electron chi connectivity index (χ2n) is 3.90. The first kappa shape index (κ1) is 13.3. The molecule has 1 aliphatic rings. The Morgan fingerprint density at radius 2 is 1.84 bits per heavy atom. The van der Waals surface area contributed by atoms with E-state index >= 15 is 0 Å². The van der Waals surface area contributed by atoms with Crippen molar-refractivity contribution in [2.24, 2.45) is 5.84 Å². The van der Waals surface area contributed by atoms with Crippen molar-refractivity contribution in [3.05, 3.63) is 46.6 Å². The van der Waals surface area contributed by atoms with Crippen LogP contribution in [0.15, 0.2) is 35.5 Å². The summed E-state index contributed by atoms with van der Waals surface area (Å²) in [5, 5.41) is 7.73. The lowest BCUT2D eigenvalue weighted by atomic mass is 10.1. The molecule has 0 atom stereocenters. The Hall–Kier alpha value is -2.18.